The first kappa shape index (κ1) is 22.0. The Morgan fingerprint density at radius 1 is 1.16 bits per heavy atom. The fourth-order valence-corrected chi connectivity index (χ4v) is 4.68. The number of anilines is 1. The molecule has 1 atom stereocenters. The molecule has 2 heterocycles. The number of aryl methyl sites for hydroxylation is 1. The minimum Gasteiger partial charge on any atom is -0.493 e. The highest BCUT2D eigenvalue weighted by molar-refractivity contribution is 5.93. The molecule has 32 heavy (non-hydrogen) atoms. The number of rotatable bonds is 5. The zero-order chi connectivity index (χ0) is 22.8. The second kappa shape index (κ2) is 9.10. The number of nitrogen functional groups attached to an aromatic ring is 1. The number of pyridine rings is 1. The molecule has 7 nitrogen and oxygen atoms in total. The van der Waals surface area contributed by atoms with E-state index >= 15 is 0 Å². The molecule has 0 saturated heterocycles. The van der Waals surface area contributed by atoms with Gasteiger partial charge in [0.25, 0.3) is 0 Å². The SMILES string of the molecule is CCOC(=O)C1=C(C)Oc2nc3c(c(N)c2[C@H]1c1ccc(OC)c(OC)c1)CCCCC3. The molecule has 0 amide bonds. The number of fused-ring (bicyclic) bond motifs is 2. The van der Waals surface area contributed by atoms with Crippen molar-refractivity contribution in [1.82, 2.24) is 4.98 Å². The van der Waals surface area contributed by atoms with Crippen molar-refractivity contribution in [2.24, 2.45) is 0 Å². The molecule has 1 aliphatic carbocycles. The fourth-order valence-electron chi connectivity index (χ4n) is 4.68. The maximum atomic E-state index is 13.1. The third-order valence-electron chi connectivity index (χ3n) is 6.21. The predicted octanol–water partition coefficient (Wildman–Crippen LogP) is 4.31. The molecule has 0 radical (unpaired) electrons. The van der Waals surface area contributed by atoms with Crippen LogP contribution >= 0.6 is 0 Å². The summed E-state index contributed by atoms with van der Waals surface area (Å²) in [6, 6.07) is 5.61. The lowest BCUT2D eigenvalue weighted by atomic mass is 9.81. The largest absolute Gasteiger partial charge is 0.493 e. The summed E-state index contributed by atoms with van der Waals surface area (Å²) in [6.07, 6.45) is 5.05. The van der Waals surface area contributed by atoms with Crippen LogP contribution in [-0.2, 0) is 22.4 Å². The zero-order valence-electron chi connectivity index (χ0n) is 19.1. The van der Waals surface area contributed by atoms with Crippen LogP contribution in [0.1, 0.15) is 61.4 Å². The van der Waals surface area contributed by atoms with Crippen molar-refractivity contribution >= 4 is 11.7 Å². The Balaban J connectivity index is 1.96. The number of esters is 1. The molecule has 1 aromatic heterocycles. The highest BCUT2D eigenvalue weighted by Crippen LogP contribution is 2.48. The first-order chi connectivity index (χ1) is 15.5. The molecule has 2 aliphatic rings. The maximum absolute atomic E-state index is 13.1. The highest BCUT2D eigenvalue weighted by Gasteiger charge is 2.38. The van der Waals surface area contributed by atoms with E-state index in [1.165, 1.54) is 0 Å². The number of methoxy groups -OCH3 is 2. The van der Waals surface area contributed by atoms with E-state index in [4.69, 9.17) is 29.7 Å². The summed E-state index contributed by atoms with van der Waals surface area (Å²) < 4.78 is 22.4. The van der Waals surface area contributed by atoms with Crippen LogP contribution in [0.2, 0.25) is 0 Å². The van der Waals surface area contributed by atoms with Crippen LogP contribution in [0.3, 0.4) is 0 Å². The van der Waals surface area contributed by atoms with Crippen molar-refractivity contribution in [2.45, 2.75) is 51.9 Å². The van der Waals surface area contributed by atoms with Gasteiger partial charge in [-0.1, -0.05) is 12.5 Å². The Morgan fingerprint density at radius 3 is 2.62 bits per heavy atom. The molecule has 0 unspecified atom stereocenters. The molecule has 170 valence electrons. The van der Waals surface area contributed by atoms with Crippen LogP contribution < -0.4 is 19.9 Å². The number of ether oxygens (including phenoxy) is 4. The monoisotopic (exact) mass is 438 g/mol. The van der Waals surface area contributed by atoms with E-state index in [0.29, 0.717) is 40.0 Å². The lowest BCUT2D eigenvalue weighted by Gasteiger charge is -2.31. The van der Waals surface area contributed by atoms with Gasteiger partial charge in [0.15, 0.2) is 11.5 Å². The molecule has 1 aliphatic heterocycles. The van der Waals surface area contributed by atoms with Crippen LogP contribution in [0.15, 0.2) is 29.5 Å². The number of carbonyl (C=O) groups is 1. The van der Waals surface area contributed by atoms with Crippen LogP contribution in [0.4, 0.5) is 5.69 Å². The van der Waals surface area contributed by atoms with Gasteiger partial charge in [-0.3, -0.25) is 0 Å². The molecule has 0 fully saturated rings. The summed E-state index contributed by atoms with van der Waals surface area (Å²) in [5, 5.41) is 0. The number of nitrogens with zero attached hydrogens (tertiary/aromatic N) is 1. The van der Waals surface area contributed by atoms with Gasteiger partial charge in [-0.05, 0) is 62.8 Å². The molecule has 4 rings (SSSR count). The smallest absolute Gasteiger partial charge is 0.338 e. The fraction of sp³-hybridized carbons (Fsp3) is 0.440. The summed E-state index contributed by atoms with van der Waals surface area (Å²) in [7, 11) is 3.18. The van der Waals surface area contributed by atoms with Crippen LogP contribution in [0.25, 0.3) is 0 Å². The standard InChI is InChI=1S/C25H30N2O5/c1-5-31-25(28)20-14(2)32-24-22(23(26)16-9-7-6-8-10-17(16)27-24)21(20)15-11-12-18(29-3)19(13-15)30-4/h11-13,21H,5-10H2,1-4H3,(H2,26,27)/t21-/m0/s1. The van der Waals surface area contributed by atoms with E-state index in [1.807, 2.05) is 18.2 Å². The number of nitrogens with two attached hydrogens (primary N) is 1. The zero-order valence-corrected chi connectivity index (χ0v) is 19.1. The number of hydrogen-bond donors (Lipinski definition) is 1. The molecule has 1 aromatic carbocycles. The van der Waals surface area contributed by atoms with Gasteiger partial charge in [0.1, 0.15) is 5.76 Å². The molecule has 2 N–H and O–H groups in total. The third-order valence-corrected chi connectivity index (χ3v) is 6.21. The van der Waals surface area contributed by atoms with Gasteiger partial charge in [-0.2, -0.15) is 0 Å². The second-order valence-corrected chi connectivity index (χ2v) is 8.07. The molecular formula is C25H30N2O5. The van der Waals surface area contributed by atoms with Crippen molar-refractivity contribution in [2.75, 3.05) is 26.6 Å². The van der Waals surface area contributed by atoms with E-state index in [1.54, 1.807) is 28.1 Å². The van der Waals surface area contributed by atoms with Crippen molar-refractivity contribution in [1.29, 1.82) is 0 Å². The summed E-state index contributed by atoms with van der Waals surface area (Å²) >= 11 is 0. The molecular weight excluding hydrogens is 408 g/mol. The molecule has 7 heteroatoms. The summed E-state index contributed by atoms with van der Waals surface area (Å²) in [4.78, 5) is 17.9. The lowest BCUT2D eigenvalue weighted by molar-refractivity contribution is -0.139. The summed E-state index contributed by atoms with van der Waals surface area (Å²) in [6.45, 7) is 3.82. The average Bonchev–Trinajstić information content (AvgIpc) is 3.03. The topological polar surface area (TPSA) is 92.9 Å². The number of aromatic nitrogens is 1. The number of carbonyl (C=O) groups excluding carboxylic acids is 1. The normalized spacial score (nSPS) is 17.6. The quantitative estimate of drug-likeness (QED) is 0.549. The molecule has 0 saturated carbocycles. The van der Waals surface area contributed by atoms with Gasteiger partial charge in [-0.15, -0.1) is 0 Å². The summed E-state index contributed by atoms with van der Waals surface area (Å²) in [5.41, 5.74) is 11.5. The van der Waals surface area contributed by atoms with Crippen molar-refractivity contribution in [3.8, 4) is 17.4 Å². The van der Waals surface area contributed by atoms with Crippen LogP contribution in [-0.4, -0.2) is 31.8 Å². The van der Waals surface area contributed by atoms with Crippen LogP contribution in [0, 0.1) is 0 Å². The Hall–Kier alpha value is -3.22. The van der Waals surface area contributed by atoms with Gasteiger partial charge in [0.2, 0.25) is 5.88 Å². The minimum atomic E-state index is -0.487. The van der Waals surface area contributed by atoms with E-state index in [-0.39, 0.29) is 6.61 Å². The van der Waals surface area contributed by atoms with Crippen molar-refractivity contribution in [3.05, 3.63) is 51.9 Å². The van der Waals surface area contributed by atoms with Crippen LogP contribution in [0.5, 0.6) is 17.4 Å². The van der Waals surface area contributed by atoms with Gasteiger partial charge in [0, 0.05) is 11.4 Å². The number of hydrogen-bond acceptors (Lipinski definition) is 7. The molecule has 0 bridgehead atoms. The lowest BCUT2D eigenvalue weighted by Crippen LogP contribution is -2.26. The Morgan fingerprint density at radius 2 is 1.91 bits per heavy atom. The highest BCUT2D eigenvalue weighted by atomic mass is 16.5. The second-order valence-electron chi connectivity index (χ2n) is 8.07. The Bertz CT molecular complexity index is 1080. The van der Waals surface area contributed by atoms with E-state index in [9.17, 15) is 4.79 Å². The first-order valence-electron chi connectivity index (χ1n) is 11.1. The van der Waals surface area contributed by atoms with Gasteiger partial charge in [0.05, 0.1) is 37.9 Å². The maximum Gasteiger partial charge on any atom is 0.338 e. The van der Waals surface area contributed by atoms with E-state index in [2.05, 4.69) is 0 Å². The number of benzene rings is 1. The van der Waals surface area contributed by atoms with Crippen molar-refractivity contribution in [3.63, 3.8) is 0 Å². The predicted molar refractivity (Wildman–Crippen MR) is 121 cm³/mol. The van der Waals surface area contributed by atoms with Crippen molar-refractivity contribution < 1.29 is 23.7 Å². The van der Waals surface area contributed by atoms with Gasteiger partial charge < -0.3 is 24.7 Å². The number of allylic oxidation sites excluding steroid dienone is 1. The Labute approximate surface area is 188 Å². The van der Waals surface area contributed by atoms with Gasteiger partial charge >= 0.3 is 5.97 Å². The molecule has 2 aromatic rings. The van der Waals surface area contributed by atoms with E-state index in [0.717, 1.165) is 48.9 Å². The summed E-state index contributed by atoms with van der Waals surface area (Å²) in [5.74, 6) is 1.20. The van der Waals surface area contributed by atoms with Gasteiger partial charge in [-0.25, -0.2) is 9.78 Å². The third kappa shape index (κ3) is 3.76. The minimum absolute atomic E-state index is 0.263. The Kier molecular flexibility index (Phi) is 6.26. The molecule has 0 spiro atoms. The average molecular weight is 439 g/mol. The first-order valence-corrected chi connectivity index (χ1v) is 11.1. The van der Waals surface area contributed by atoms with E-state index < -0.39 is 11.9 Å².